The molecule has 5 nitrogen and oxygen atoms in total. The minimum atomic E-state index is -3.40. The molecule has 3 heterocycles. The van der Waals surface area contributed by atoms with Crippen molar-refractivity contribution in [2.24, 2.45) is 5.41 Å². The highest BCUT2D eigenvalue weighted by atomic mass is 32.2. The number of hydrogen-bond donors (Lipinski definition) is 0. The maximum absolute atomic E-state index is 12.9. The Kier molecular flexibility index (Phi) is 4.25. The predicted molar refractivity (Wildman–Crippen MR) is 97.9 cm³/mol. The summed E-state index contributed by atoms with van der Waals surface area (Å²) in [6.45, 7) is 3.08. The van der Waals surface area contributed by atoms with Gasteiger partial charge in [0.15, 0.2) is 0 Å². The van der Waals surface area contributed by atoms with E-state index < -0.39 is 10.0 Å². The van der Waals surface area contributed by atoms with Crippen LogP contribution in [0.2, 0.25) is 0 Å². The van der Waals surface area contributed by atoms with Crippen molar-refractivity contribution in [3.05, 3.63) is 54.7 Å². The minimum absolute atomic E-state index is 0.0393. The molecule has 1 aromatic carbocycles. The van der Waals surface area contributed by atoms with E-state index >= 15 is 0 Å². The van der Waals surface area contributed by atoms with Crippen molar-refractivity contribution in [1.29, 1.82) is 0 Å². The van der Waals surface area contributed by atoms with Gasteiger partial charge in [0.1, 0.15) is 5.82 Å². The zero-order chi connectivity index (χ0) is 17.3. The molecule has 1 atom stereocenters. The monoisotopic (exact) mass is 357 g/mol. The van der Waals surface area contributed by atoms with Gasteiger partial charge in [-0.1, -0.05) is 24.3 Å². The van der Waals surface area contributed by atoms with Crippen LogP contribution in [0.5, 0.6) is 0 Å². The van der Waals surface area contributed by atoms with Crippen molar-refractivity contribution >= 4 is 15.8 Å². The standard InChI is InChI=1S/C19H23N3O2S/c23-25(24,17-7-2-1-3-8-17)22-14-11-19(16-22)10-6-13-21(15-19)18-9-4-5-12-20-18/h1-5,7-9,12H,6,10-11,13-16H2. The highest BCUT2D eigenvalue weighted by Crippen LogP contribution is 2.41. The van der Waals surface area contributed by atoms with Gasteiger partial charge in [-0.2, -0.15) is 4.31 Å². The van der Waals surface area contributed by atoms with E-state index in [9.17, 15) is 8.42 Å². The summed E-state index contributed by atoms with van der Waals surface area (Å²) in [5.74, 6) is 0.992. The van der Waals surface area contributed by atoms with Gasteiger partial charge in [0, 0.05) is 37.8 Å². The lowest BCUT2D eigenvalue weighted by Crippen LogP contribution is -2.45. The lowest BCUT2D eigenvalue weighted by molar-refractivity contribution is 0.247. The first-order valence-electron chi connectivity index (χ1n) is 8.80. The third kappa shape index (κ3) is 3.16. The molecular weight excluding hydrogens is 334 g/mol. The first-order chi connectivity index (χ1) is 12.1. The Morgan fingerprint density at radius 3 is 2.48 bits per heavy atom. The van der Waals surface area contributed by atoms with Gasteiger partial charge in [-0.25, -0.2) is 13.4 Å². The van der Waals surface area contributed by atoms with E-state index in [1.165, 1.54) is 0 Å². The summed E-state index contributed by atoms with van der Waals surface area (Å²) in [5.41, 5.74) is 0.0393. The summed E-state index contributed by atoms with van der Waals surface area (Å²) < 4.78 is 27.5. The molecule has 0 amide bonds. The van der Waals surface area contributed by atoms with Crippen LogP contribution >= 0.6 is 0 Å². The average molecular weight is 357 g/mol. The summed E-state index contributed by atoms with van der Waals surface area (Å²) in [7, 11) is -3.40. The molecule has 0 saturated carbocycles. The van der Waals surface area contributed by atoms with Crippen LogP contribution in [0.3, 0.4) is 0 Å². The molecule has 2 aliphatic rings. The Morgan fingerprint density at radius 1 is 0.920 bits per heavy atom. The van der Waals surface area contributed by atoms with E-state index in [0.29, 0.717) is 18.0 Å². The van der Waals surface area contributed by atoms with E-state index in [1.807, 2.05) is 30.5 Å². The molecule has 25 heavy (non-hydrogen) atoms. The smallest absolute Gasteiger partial charge is 0.243 e. The molecule has 0 bridgehead atoms. The fourth-order valence-electron chi connectivity index (χ4n) is 4.12. The van der Waals surface area contributed by atoms with Gasteiger partial charge in [-0.15, -0.1) is 0 Å². The number of aromatic nitrogens is 1. The number of pyridine rings is 1. The molecule has 1 spiro atoms. The number of piperidine rings is 1. The molecule has 6 heteroatoms. The second kappa shape index (κ2) is 6.42. The van der Waals surface area contributed by atoms with Crippen LogP contribution in [0.15, 0.2) is 59.6 Å². The van der Waals surface area contributed by atoms with Crippen LogP contribution in [0, 0.1) is 5.41 Å². The fourth-order valence-corrected chi connectivity index (χ4v) is 5.69. The molecule has 0 aliphatic carbocycles. The Labute approximate surface area is 149 Å². The number of rotatable bonds is 3. The molecule has 132 valence electrons. The lowest BCUT2D eigenvalue weighted by atomic mass is 9.79. The molecule has 2 aromatic rings. The van der Waals surface area contributed by atoms with Crippen molar-refractivity contribution in [3.63, 3.8) is 0 Å². The highest BCUT2D eigenvalue weighted by Gasteiger charge is 2.45. The van der Waals surface area contributed by atoms with E-state index in [4.69, 9.17) is 0 Å². The van der Waals surface area contributed by atoms with Gasteiger partial charge in [-0.05, 0) is 43.5 Å². The van der Waals surface area contributed by atoms with Gasteiger partial charge in [-0.3, -0.25) is 0 Å². The van der Waals surface area contributed by atoms with Gasteiger partial charge >= 0.3 is 0 Å². The van der Waals surface area contributed by atoms with Gasteiger partial charge in [0.25, 0.3) is 0 Å². The summed E-state index contributed by atoms with van der Waals surface area (Å²) in [6.07, 6.45) is 4.90. The number of benzene rings is 1. The Bertz CT molecular complexity index is 826. The Balaban J connectivity index is 1.53. The third-order valence-electron chi connectivity index (χ3n) is 5.42. The average Bonchev–Trinajstić information content (AvgIpc) is 3.07. The van der Waals surface area contributed by atoms with Crippen molar-refractivity contribution < 1.29 is 8.42 Å². The normalized spacial score (nSPS) is 24.7. The van der Waals surface area contributed by atoms with Crippen LogP contribution in [0.4, 0.5) is 5.82 Å². The Hall–Kier alpha value is -1.92. The first kappa shape index (κ1) is 16.5. The van der Waals surface area contributed by atoms with Crippen molar-refractivity contribution in [3.8, 4) is 0 Å². The zero-order valence-electron chi connectivity index (χ0n) is 14.2. The maximum Gasteiger partial charge on any atom is 0.243 e. The van der Waals surface area contributed by atoms with Gasteiger partial charge in [0.05, 0.1) is 4.90 Å². The molecule has 2 saturated heterocycles. The maximum atomic E-state index is 12.9. The Morgan fingerprint density at radius 2 is 1.72 bits per heavy atom. The molecule has 1 unspecified atom stereocenters. The topological polar surface area (TPSA) is 53.5 Å². The molecule has 0 N–H and O–H groups in total. The molecular formula is C19H23N3O2S. The third-order valence-corrected chi connectivity index (χ3v) is 7.28. The van der Waals surface area contributed by atoms with E-state index in [0.717, 1.165) is 38.2 Å². The van der Waals surface area contributed by atoms with Gasteiger partial charge < -0.3 is 4.90 Å². The van der Waals surface area contributed by atoms with Crippen LogP contribution in [-0.2, 0) is 10.0 Å². The molecule has 0 radical (unpaired) electrons. The molecule has 2 fully saturated rings. The summed E-state index contributed by atoms with van der Waals surface area (Å²) in [6, 6.07) is 14.7. The van der Waals surface area contributed by atoms with Crippen molar-refractivity contribution in [2.45, 2.75) is 24.2 Å². The van der Waals surface area contributed by atoms with Gasteiger partial charge in [0.2, 0.25) is 10.0 Å². The number of anilines is 1. The largest absolute Gasteiger partial charge is 0.356 e. The van der Waals surface area contributed by atoms with E-state index in [-0.39, 0.29) is 5.41 Å². The SMILES string of the molecule is O=S(=O)(c1ccccc1)N1CCC2(CCCN(c3ccccn3)C2)C1. The van der Waals surface area contributed by atoms with Crippen LogP contribution < -0.4 is 4.90 Å². The highest BCUT2D eigenvalue weighted by molar-refractivity contribution is 7.89. The predicted octanol–water partition coefficient (Wildman–Crippen LogP) is 2.76. The second-order valence-corrected chi connectivity index (χ2v) is 9.05. The number of sulfonamides is 1. The zero-order valence-corrected chi connectivity index (χ0v) is 15.0. The fraction of sp³-hybridized carbons (Fsp3) is 0.421. The van der Waals surface area contributed by atoms with Crippen LogP contribution in [0.1, 0.15) is 19.3 Å². The lowest BCUT2D eigenvalue weighted by Gasteiger charge is -2.41. The molecule has 1 aromatic heterocycles. The van der Waals surface area contributed by atoms with E-state index in [1.54, 1.807) is 28.6 Å². The number of hydrogen-bond acceptors (Lipinski definition) is 4. The van der Waals surface area contributed by atoms with Crippen LogP contribution in [0.25, 0.3) is 0 Å². The van der Waals surface area contributed by atoms with Crippen LogP contribution in [-0.4, -0.2) is 43.9 Å². The summed E-state index contributed by atoms with van der Waals surface area (Å²) in [5, 5.41) is 0. The summed E-state index contributed by atoms with van der Waals surface area (Å²) >= 11 is 0. The molecule has 4 rings (SSSR count). The van der Waals surface area contributed by atoms with Crippen molar-refractivity contribution in [1.82, 2.24) is 9.29 Å². The molecule has 2 aliphatic heterocycles. The minimum Gasteiger partial charge on any atom is -0.356 e. The summed E-state index contributed by atoms with van der Waals surface area (Å²) in [4.78, 5) is 7.17. The van der Waals surface area contributed by atoms with Crippen molar-refractivity contribution in [2.75, 3.05) is 31.1 Å². The quantitative estimate of drug-likeness (QED) is 0.848. The van der Waals surface area contributed by atoms with E-state index in [2.05, 4.69) is 9.88 Å². The number of nitrogens with zero attached hydrogens (tertiary/aromatic N) is 3. The second-order valence-electron chi connectivity index (χ2n) is 7.11. The first-order valence-corrected chi connectivity index (χ1v) is 10.2.